The van der Waals surface area contributed by atoms with Crippen molar-refractivity contribution in [2.75, 3.05) is 5.88 Å². The minimum Gasteiger partial charge on any atom is -0.258 e. The smallest absolute Gasteiger partial charge is 0.258 e. The van der Waals surface area contributed by atoms with E-state index in [4.69, 9.17) is 11.6 Å². The molecule has 7 heteroatoms. The molecule has 0 spiro atoms. The molecule has 0 radical (unpaired) electrons. The van der Waals surface area contributed by atoms with Gasteiger partial charge in [0.15, 0.2) is 0 Å². The molecule has 0 saturated heterocycles. The van der Waals surface area contributed by atoms with Gasteiger partial charge in [0.2, 0.25) is 0 Å². The number of alkyl halides is 1. The van der Waals surface area contributed by atoms with Gasteiger partial charge in [-0.3, -0.25) is 10.1 Å². The second-order valence-electron chi connectivity index (χ2n) is 3.65. The van der Waals surface area contributed by atoms with E-state index >= 15 is 0 Å². The number of nitro benzene ring substituents is 1. The molecule has 0 amide bonds. The highest BCUT2D eigenvalue weighted by molar-refractivity contribution is 7.14. The van der Waals surface area contributed by atoms with Gasteiger partial charge in [-0.2, -0.15) is 0 Å². The summed E-state index contributed by atoms with van der Waals surface area (Å²) in [4.78, 5) is 10.5. The first-order valence-electron chi connectivity index (χ1n) is 5.26. The lowest BCUT2D eigenvalue weighted by Crippen LogP contribution is -1.93. The second-order valence-corrected chi connectivity index (χ2v) is 5.09. The third-order valence-electron chi connectivity index (χ3n) is 2.51. The quantitative estimate of drug-likeness (QED) is 0.491. The lowest BCUT2D eigenvalue weighted by molar-refractivity contribution is -0.385. The van der Waals surface area contributed by atoms with Crippen molar-refractivity contribution in [2.24, 2.45) is 0 Å². The van der Waals surface area contributed by atoms with Crippen molar-refractivity contribution in [2.45, 2.75) is 13.3 Å². The number of nitro groups is 1. The average Bonchev–Trinajstić information content (AvgIpc) is 2.78. The van der Waals surface area contributed by atoms with E-state index < -0.39 is 0 Å². The van der Waals surface area contributed by atoms with E-state index in [1.165, 1.54) is 17.4 Å². The lowest BCUT2D eigenvalue weighted by Gasteiger charge is -2.01. The molecule has 0 atom stereocenters. The number of rotatable bonds is 4. The maximum atomic E-state index is 10.9. The maximum absolute atomic E-state index is 10.9. The van der Waals surface area contributed by atoms with Crippen molar-refractivity contribution in [3.05, 3.63) is 38.9 Å². The van der Waals surface area contributed by atoms with Gasteiger partial charge in [0, 0.05) is 29.5 Å². The molecule has 0 aliphatic carbocycles. The molecule has 0 unspecified atom stereocenters. The van der Waals surface area contributed by atoms with Crippen molar-refractivity contribution >= 4 is 28.6 Å². The van der Waals surface area contributed by atoms with Crippen LogP contribution >= 0.6 is 22.9 Å². The fraction of sp³-hybridized carbons (Fsp3) is 0.273. The molecule has 18 heavy (non-hydrogen) atoms. The van der Waals surface area contributed by atoms with Gasteiger partial charge >= 0.3 is 0 Å². The van der Waals surface area contributed by atoms with Gasteiger partial charge in [-0.05, 0) is 6.92 Å². The number of halogens is 1. The summed E-state index contributed by atoms with van der Waals surface area (Å²) >= 11 is 7.05. The summed E-state index contributed by atoms with van der Waals surface area (Å²) in [6.07, 6.45) is 0.660. The van der Waals surface area contributed by atoms with Gasteiger partial charge in [0.25, 0.3) is 5.69 Å². The highest BCUT2D eigenvalue weighted by Gasteiger charge is 2.16. The molecule has 2 rings (SSSR count). The highest BCUT2D eigenvalue weighted by atomic mass is 35.5. The van der Waals surface area contributed by atoms with Crippen LogP contribution in [0.5, 0.6) is 0 Å². The lowest BCUT2D eigenvalue weighted by atomic mass is 10.1. The Bertz CT molecular complexity index is 585. The van der Waals surface area contributed by atoms with Crippen LogP contribution in [0.25, 0.3) is 10.6 Å². The van der Waals surface area contributed by atoms with E-state index in [1.807, 2.05) is 6.07 Å². The van der Waals surface area contributed by atoms with Crippen LogP contribution in [-0.4, -0.2) is 21.0 Å². The first kappa shape index (κ1) is 12.9. The van der Waals surface area contributed by atoms with Gasteiger partial charge in [-0.25, -0.2) is 0 Å². The molecular weight excluding hydrogens is 274 g/mol. The number of aryl methyl sites for hydroxylation is 1. The molecule has 1 aromatic heterocycles. The van der Waals surface area contributed by atoms with Crippen LogP contribution in [0.3, 0.4) is 0 Å². The summed E-state index contributed by atoms with van der Waals surface area (Å²) in [6, 6.07) is 4.95. The Balaban J connectivity index is 2.43. The van der Waals surface area contributed by atoms with Crippen molar-refractivity contribution in [3.8, 4) is 10.6 Å². The van der Waals surface area contributed by atoms with Crippen molar-refractivity contribution in [3.63, 3.8) is 0 Å². The van der Waals surface area contributed by atoms with E-state index in [2.05, 4.69) is 10.2 Å². The summed E-state index contributed by atoms with van der Waals surface area (Å²) in [7, 11) is 0. The fourth-order valence-corrected chi connectivity index (χ4v) is 2.81. The standard InChI is InChI=1S/C11H10ClN3O2S/c1-7-8(3-2-4-9(7)15(16)17)11-14-13-10(18-11)5-6-12/h2-4H,5-6H2,1H3. The monoisotopic (exact) mass is 283 g/mol. The number of aromatic nitrogens is 2. The predicted octanol–water partition coefficient (Wildman–Crippen LogP) is 3.20. The van der Waals surface area contributed by atoms with E-state index in [-0.39, 0.29) is 10.6 Å². The summed E-state index contributed by atoms with van der Waals surface area (Å²) in [5.41, 5.74) is 1.46. The Hall–Kier alpha value is -1.53. The van der Waals surface area contributed by atoms with E-state index in [0.717, 1.165) is 10.6 Å². The summed E-state index contributed by atoms with van der Waals surface area (Å²) < 4.78 is 0. The van der Waals surface area contributed by atoms with E-state index in [9.17, 15) is 10.1 Å². The zero-order chi connectivity index (χ0) is 13.1. The Morgan fingerprint density at radius 1 is 1.44 bits per heavy atom. The van der Waals surface area contributed by atoms with Crippen LogP contribution in [0.1, 0.15) is 10.6 Å². The zero-order valence-electron chi connectivity index (χ0n) is 9.59. The zero-order valence-corrected chi connectivity index (χ0v) is 11.2. The van der Waals surface area contributed by atoms with Crippen LogP contribution in [0.4, 0.5) is 5.69 Å². The van der Waals surface area contributed by atoms with Gasteiger partial charge < -0.3 is 0 Å². The molecule has 1 heterocycles. The van der Waals surface area contributed by atoms with Crippen LogP contribution < -0.4 is 0 Å². The minimum absolute atomic E-state index is 0.0987. The molecule has 0 saturated carbocycles. The molecule has 0 aliphatic heterocycles. The van der Waals surface area contributed by atoms with Gasteiger partial charge in [-0.15, -0.1) is 21.8 Å². The molecule has 0 aliphatic rings. The van der Waals surface area contributed by atoms with E-state index in [1.54, 1.807) is 13.0 Å². The van der Waals surface area contributed by atoms with Crippen molar-refractivity contribution in [1.29, 1.82) is 0 Å². The third kappa shape index (κ3) is 2.49. The summed E-state index contributed by atoms with van der Waals surface area (Å²) in [5.74, 6) is 0.489. The minimum atomic E-state index is -0.389. The Labute approximate surface area is 113 Å². The van der Waals surface area contributed by atoms with Crippen LogP contribution in [0.2, 0.25) is 0 Å². The maximum Gasteiger partial charge on any atom is 0.273 e. The van der Waals surface area contributed by atoms with Crippen LogP contribution in [0.15, 0.2) is 18.2 Å². The average molecular weight is 284 g/mol. The van der Waals surface area contributed by atoms with Gasteiger partial charge in [0.1, 0.15) is 10.0 Å². The molecule has 2 aromatic rings. The summed E-state index contributed by atoms with van der Waals surface area (Å²) in [5, 5.41) is 20.5. The predicted molar refractivity (Wildman–Crippen MR) is 71.2 cm³/mol. The molecule has 1 aromatic carbocycles. The van der Waals surface area contributed by atoms with Gasteiger partial charge in [-0.1, -0.05) is 23.5 Å². The molecular formula is C11H10ClN3O2S. The molecule has 0 N–H and O–H groups in total. The van der Waals surface area contributed by atoms with E-state index in [0.29, 0.717) is 22.9 Å². The SMILES string of the molecule is Cc1c(-c2nnc(CCCl)s2)cccc1[N+](=O)[O-]. The van der Waals surface area contributed by atoms with Crippen molar-refractivity contribution < 1.29 is 4.92 Å². The molecule has 0 fully saturated rings. The number of hydrogen-bond acceptors (Lipinski definition) is 5. The molecule has 5 nitrogen and oxygen atoms in total. The van der Waals surface area contributed by atoms with Crippen LogP contribution in [0, 0.1) is 17.0 Å². The molecule has 0 bridgehead atoms. The number of benzene rings is 1. The molecule has 94 valence electrons. The van der Waals surface area contributed by atoms with Crippen molar-refractivity contribution in [1.82, 2.24) is 10.2 Å². The second kappa shape index (κ2) is 5.41. The normalized spacial score (nSPS) is 10.6. The largest absolute Gasteiger partial charge is 0.273 e. The Morgan fingerprint density at radius 2 is 2.22 bits per heavy atom. The number of nitrogens with zero attached hydrogens (tertiary/aromatic N) is 3. The first-order chi connectivity index (χ1) is 8.63. The van der Waals surface area contributed by atoms with Crippen LogP contribution in [-0.2, 0) is 6.42 Å². The van der Waals surface area contributed by atoms with Gasteiger partial charge in [0.05, 0.1) is 4.92 Å². The summed E-state index contributed by atoms with van der Waals surface area (Å²) in [6.45, 7) is 1.72. The first-order valence-corrected chi connectivity index (χ1v) is 6.61. The Kier molecular flexibility index (Phi) is 3.88. The fourth-order valence-electron chi connectivity index (χ4n) is 1.60. The Morgan fingerprint density at radius 3 is 2.89 bits per heavy atom. The topological polar surface area (TPSA) is 68.9 Å². The third-order valence-corrected chi connectivity index (χ3v) is 3.71. The highest BCUT2D eigenvalue weighted by Crippen LogP contribution is 2.31. The number of hydrogen-bond donors (Lipinski definition) is 0.